The fourth-order valence-corrected chi connectivity index (χ4v) is 1.32. The molecule has 0 aliphatic rings. The molecule has 0 atom stereocenters. The van der Waals surface area contributed by atoms with Crippen LogP contribution in [0.5, 0.6) is 5.75 Å². The first-order valence-electron chi connectivity index (χ1n) is 5.44. The highest BCUT2D eigenvalue weighted by atomic mass is 16.3. The lowest BCUT2D eigenvalue weighted by Crippen LogP contribution is -2.01. The van der Waals surface area contributed by atoms with Gasteiger partial charge in [-0.25, -0.2) is 0 Å². The standard InChI is InChI=1S/C14H18O2/c1-9(2)13(15)8-7-12-6-5-10(3)11(4)14(12)16/h5-9,16H,1-4H3/b8-7-. The maximum atomic E-state index is 11.4. The summed E-state index contributed by atoms with van der Waals surface area (Å²) in [5.74, 6) is 0.315. The molecule has 0 saturated heterocycles. The van der Waals surface area contributed by atoms with Crippen LogP contribution in [-0.4, -0.2) is 10.9 Å². The average Bonchev–Trinajstić information content (AvgIpc) is 2.24. The summed E-state index contributed by atoms with van der Waals surface area (Å²) < 4.78 is 0. The van der Waals surface area contributed by atoms with Crippen molar-refractivity contribution in [3.8, 4) is 5.75 Å². The van der Waals surface area contributed by atoms with Gasteiger partial charge in [-0.1, -0.05) is 26.0 Å². The second-order valence-corrected chi connectivity index (χ2v) is 4.34. The number of carbonyl (C=O) groups is 1. The first-order valence-corrected chi connectivity index (χ1v) is 5.44. The minimum atomic E-state index is -0.00932. The Balaban J connectivity index is 2.99. The Bertz CT molecular complexity index is 429. The lowest BCUT2D eigenvalue weighted by molar-refractivity contribution is -0.117. The number of ketones is 1. The quantitative estimate of drug-likeness (QED) is 0.791. The number of hydrogen-bond donors (Lipinski definition) is 1. The fourth-order valence-electron chi connectivity index (χ4n) is 1.32. The number of rotatable bonds is 3. The molecule has 0 unspecified atom stereocenters. The van der Waals surface area contributed by atoms with Gasteiger partial charge in [0.05, 0.1) is 0 Å². The zero-order valence-electron chi connectivity index (χ0n) is 10.2. The Morgan fingerprint density at radius 3 is 2.50 bits per heavy atom. The molecule has 0 saturated carbocycles. The Morgan fingerprint density at radius 1 is 1.31 bits per heavy atom. The fraction of sp³-hybridized carbons (Fsp3) is 0.357. The van der Waals surface area contributed by atoms with Crippen LogP contribution in [0.2, 0.25) is 0 Å². The van der Waals surface area contributed by atoms with Gasteiger partial charge in [0.1, 0.15) is 5.75 Å². The van der Waals surface area contributed by atoms with Gasteiger partial charge in [-0.05, 0) is 37.1 Å². The van der Waals surface area contributed by atoms with Crippen LogP contribution in [0.15, 0.2) is 18.2 Å². The number of phenols is 1. The van der Waals surface area contributed by atoms with Crippen molar-refractivity contribution in [2.45, 2.75) is 27.7 Å². The molecule has 2 heteroatoms. The molecule has 86 valence electrons. The third-order valence-electron chi connectivity index (χ3n) is 2.73. The van der Waals surface area contributed by atoms with Gasteiger partial charge in [0, 0.05) is 11.5 Å². The van der Waals surface area contributed by atoms with Crippen molar-refractivity contribution in [1.82, 2.24) is 0 Å². The summed E-state index contributed by atoms with van der Waals surface area (Å²) in [7, 11) is 0. The first kappa shape index (κ1) is 12.5. The van der Waals surface area contributed by atoms with Gasteiger partial charge in [-0.3, -0.25) is 4.79 Å². The number of carbonyl (C=O) groups excluding carboxylic acids is 1. The summed E-state index contributed by atoms with van der Waals surface area (Å²) in [6.45, 7) is 7.52. The van der Waals surface area contributed by atoms with Gasteiger partial charge >= 0.3 is 0 Å². The van der Waals surface area contributed by atoms with E-state index in [1.165, 1.54) is 6.08 Å². The molecule has 1 N–H and O–H groups in total. The number of phenolic OH excluding ortho intramolecular Hbond substituents is 1. The van der Waals surface area contributed by atoms with E-state index in [4.69, 9.17) is 0 Å². The molecular formula is C14H18O2. The van der Waals surface area contributed by atoms with Gasteiger partial charge < -0.3 is 5.11 Å². The summed E-state index contributed by atoms with van der Waals surface area (Å²) >= 11 is 0. The van der Waals surface area contributed by atoms with E-state index >= 15 is 0 Å². The third kappa shape index (κ3) is 2.72. The van der Waals surface area contributed by atoms with Crippen LogP contribution in [0.25, 0.3) is 6.08 Å². The van der Waals surface area contributed by atoms with E-state index in [1.807, 2.05) is 39.8 Å². The molecule has 0 aliphatic heterocycles. The number of hydrogen-bond acceptors (Lipinski definition) is 2. The van der Waals surface area contributed by atoms with E-state index in [1.54, 1.807) is 6.08 Å². The number of benzene rings is 1. The molecule has 0 heterocycles. The van der Waals surface area contributed by atoms with Gasteiger partial charge in [0.25, 0.3) is 0 Å². The minimum Gasteiger partial charge on any atom is -0.507 e. The van der Waals surface area contributed by atoms with Crippen molar-refractivity contribution in [3.05, 3.63) is 34.9 Å². The second-order valence-electron chi connectivity index (χ2n) is 4.34. The van der Waals surface area contributed by atoms with Crippen molar-refractivity contribution in [3.63, 3.8) is 0 Å². The van der Waals surface area contributed by atoms with Gasteiger partial charge in [-0.15, -0.1) is 0 Å². The molecule has 1 aromatic rings. The van der Waals surface area contributed by atoms with Crippen molar-refractivity contribution < 1.29 is 9.90 Å². The van der Waals surface area contributed by atoms with Crippen molar-refractivity contribution in [1.29, 1.82) is 0 Å². The van der Waals surface area contributed by atoms with Gasteiger partial charge in [0.15, 0.2) is 5.78 Å². The van der Waals surface area contributed by atoms with Crippen LogP contribution in [0.4, 0.5) is 0 Å². The average molecular weight is 218 g/mol. The lowest BCUT2D eigenvalue weighted by atomic mass is 10.0. The van der Waals surface area contributed by atoms with Crippen molar-refractivity contribution in [2.75, 3.05) is 0 Å². The zero-order valence-corrected chi connectivity index (χ0v) is 10.2. The van der Waals surface area contributed by atoms with E-state index in [0.29, 0.717) is 5.56 Å². The van der Waals surface area contributed by atoms with Crippen molar-refractivity contribution >= 4 is 11.9 Å². The van der Waals surface area contributed by atoms with Crippen LogP contribution < -0.4 is 0 Å². The molecule has 0 fully saturated rings. The van der Waals surface area contributed by atoms with Crippen LogP contribution in [0, 0.1) is 19.8 Å². The van der Waals surface area contributed by atoms with Crippen LogP contribution >= 0.6 is 0 Å². The highest BCUT2D eigenvalue weighted by molar-refractivity contribution is 5.95. The highest BCUT2D eigenvalue weighted by Crippen LogP contribution is 2.25. The maximum absolute atomic E-state index is 11.4. The van der Waals surface area contributed by atoms with E-state index < -0.39 is 0 Å². The van der Waals surface area contributed by atoms with Crippen LogP contribution in [0.1, 0.15) is 30.5 Å². The van der Waals surface area contributed by atoms with E-state index in [2.05, 4.69) is 0 Å². The minimum absolute atomic E-state index is 0.00932. The van der Waals surface area contributed by atoms with E-state index in [0.717, 1.165) is 11.1 Å². The molecule has 0 radical (unpaired) electrons. The van der Waals surface area contributed by atoms with Crippen LogP contribution in [0.3, 0.4) is 0 Å². The summed E-state index contributed by atoms with van der Waals surface area (Å²) in [5.41, 5.74) is 2.60. The molecule has 1 aromatic carbocycles. The third-order valence-corrected chi connectivity index (χ3v) is 2.73. The lowest BCUT2D eigenvalue weighted by Gasteiger charge is -2.06. The largest absolute Gasteiger partial charge is 0.507 e. The summed E-state index contributed by atoms with van der Waals surface area (Å²) in [6.07, 6.45) is 3.19. The molecule has 2 nitrogen and oxygen atoms in total. The molecule has 16 heavy (non-hydrogen) atoms. The van der Waals surface area contributed by atoms with Gasteiger partial charge in [0.2, 0.25) is 0 Å². The Hall–Kier alpha value is -1.57. The number of allylic oxidation sites excluding steroid dienone is 1. The molecule has 0 amide bonds. The summed E-state index contributed by atoms with van der Waals surface area (Å²) in [4.78, 5) is 11.4. The predicted molar refractivity (Wildman–Crippen MR) is 66.5 cm³/mol. The topological polar surface area (TPSA) is 37.3 Å². The van der Waals surface area contributed by atoms with Gasteiger partial charge in [-0.2, -0.15) is 0 Å². The summed E-state index contributed by atoms with van der Waals surface area (Å²) in [6, 6.07) is 3.76. The second kappa shape index (κ2) is 4.97. The smallest absolute Gasteiger partial charge is 0.158 e. The number of aryl methyl sites for hydroxylation is 1. The number of aromatic hydroxyl groups is 1. The SMILES string of the molecule is Cc1ccc(/C=C\C(=O)C(C)C)c(O)c1C. The van der Waals surface area contributed by atoms with Crippen LogP contribution in [-0.2, 0) is 4.79 Å². The normalized spacial score (nSPS) is 11.3. The molecule has 0 bridgehead atoms. The first-order chi connectivity index (χ1) is 7.43. The maximum Gasteiger partial charge on any atom is 0.158 e. The highest BCUT2D eigenvalue weighted by Gasteiger charge is 2.05. The zero-order chi connectivity index (χ0) is 12.3. The van der Waals surface area contributed by atoms with E-state index in [-0.39, 0.29) is 17.5 Å². The predicted octanol–water partition coefficient (Wildman–Crippen LogP) is 3.25. The molecule has 0 aromatic heterocycles. The van der Waals surface area contributed by atoms with Crippen molar-refractivity contribution in [2.24, 2.45) is 5.92 Å². The molecule has 1 rings (SSSR count). The summed E-state index contributed by atoms with van der Waals surface area (Å²) in [5, 5.41) is 9.87. The molecule has 0 aliphatic carbocycles. The molecular weight excluding hydrogens is 200 g/mol. The monoisotopic (exact) mass is 218 g/mol. The molecule has 0 spiro atoms. The Kier molecular flexibility index (Phi) is 3.88. The Morgan fingerprint density at radius 2 is 1.94 bits per heavy atom. The van der Waals surface area contributed by atoms with E-state index in [9.17, 15) is 9.90 Å². The Labute approximate surface area is 96.6 Å².